The molecule has 1 aromatic heterocycles. The average Bonchev–Trinajstić information content (AvgIpc) is 2.77. The second-order valence-corrected chi connectivity index (χ2v) is 8.05. The first-order valence-electron chi connectivity index (χ1n) is 6.49. The van der Waals surface area contributed by atoms with Gasteiger partial charge in [0.15, 0.2) is 5.69 Å². The molecule has 0 bridgehead atoms. The lowest BCUT2D eigenvalue weighted by Gasteiger charge is -2.08. The predicted molar refractivity (Wildman–Crippen MR) is 75.2 cm³/mol. The SMILES string of the molecule is CC1(C)C(CNS(=O)(=O)c2cccnc2C#N)C1(C)C. The molecule has 6 heteroatoms. The lowest BCUT2D eigenvalue weighted by molar-refractivity contribution is 0.457. The number of sulfonamides is 1. The van der Waals surface area contributed by atoms with Gasteiger partial charge in [0.05, 0.1) is 0 Å². The standard InChI is InChI=1S/C14H19N3O2S/c1-13(2)12(14(13,3)4)9-17-20(18,19)11-6-5-7-16-10(11)8-15/h5-7,12,17H,9H2,1-4H3. The molecule has 1 N–H and O–H groups in total. The largest absolute Gasteiger partial charge is 0.244 e. The summed E-state index contributed by atoms with van der Waals surface area (Å²) in [5, 5.41) is 8.93. The summed E-state index contributed by atoms with van der Waals surface area (Å²) >= 11 is 0. The molecule has 0 spiro atoms. The fourth-order valence-corrected chi connectivity index (χ4v) is 3.96. The van der Waals surface area contributed by atoms with Gasteiger partial charge in [0, 0.05) is 12.7 Å². The number of nitriles is 1. The Morgan fingerprint density at radius 3 is 2.45 bits per heavy atom. The number of hydrogen-bond acceptors (Lipinski definition) is 4. The summed E-state index contributed by atoms with van der Waals surface area (Å²) in [5.74, 6) is 0.284. The monoisotopic (exact) mass is 293 g/mol. The molecule has 2 rings (SSSR count). The predicted octanol–water partition coefficient (Wildman–Crippen LogP) is 1.91. The van der Waals surface area contributed by atoms with Gasteiger partial charge in [-0.2, -0.15) is 5.26 Å². The Balaban J connectivity index is 2.16. The van der Waals surface area contributed by atoms with Crippen molar-refractivity contribution < 1.29 is 8.42 Å². The number of aromatic nitrogens is 1. The van der Waals surface area contributed by atoms with E-state index < -0.39 is 10.0 Å². The molecule has 20 heavy (non-hydrogen) atoms. The normalized spacial score (nSPS) is 20.4. The summed E-state index contributed by atoms with van der Waals surface area (Å²) in [4.78, 5) is 3.73. The molecule has 0 saturated heterocycles. The minimum absolute atomic E-state index is 0.0567. The molecule has 108 valence electrons. The number of nitrogens with zero attached hydrogens (tertiary/aromatic N) is 2. The fraction of sp³-hybridized carbons (Fsp3) is 0.571. The van der Waals surface area contributed by atoms with Gasteiger partial charge in [-0.1, -0.05) is 27.7 Å². The van der Waals surface area contributed by atoms with Crippen molar-refractivity contribution in [3.8, 4) is 6.07 Å². The topological polar surface area (TPSA) is 82.8 Å². The number of hydrogen-bond donors (Lipinski definition) is 1. The highest BCUT2D eigenvalue weighted by molar-refractivity contribution is 7.89. The zero-order valence-electron chi connectivity index (χ0n) is 12.1. The summed E-state index contributed by atoms with van der Waals surface area (Å²) in [5.41, 5.74) is 0.153. The van der Waals surface area contributed by atoms with E-state index in [4.69, 9.17) is 5.26 Å². The number of pyridine rings is 1. The molecular formula is C14H19N3O2S. The van der Waals surface area contributed by atoms with Crippen LogP contribution in [0.25, 0.3) is 0 Å². The third kappa shape index (κ3) is 2.21. The van der Waals surface area contributed by atoms with Gasteiger partial charge in [-0.3, -0.25) is 0 Å². The Kier molecular flexibility index (Phi) is 3.39. The quantitative estimate of drug-likeness (QED) is 0.919. The lowest BCUT2D eigenvalue weighted by atomic mass is 10.0. The van der Waals surface area contributed by atoms with Crippen LogP contribution in [0.4, 0.5) is 0 Å². The smallest absolute Gasteiger partial charge is 0.243 e. The van der Waals surface area contributed by atoms with Crippen LogP contribution in [0, 0.1) is 28.1 Å². The molecule has 0 amide bonds. The molecule has 1 aliphatic rings. The number of nitrogens with one attached hydrogen (secondary N) is 1. The van der Waals surface area contributed by atoms with Crippen molar-refractivity contribution in [3.63, 3.8) is 0 Å². The van der Waals surface area contributed by atoms with E-state index in [9.17, 15) is 8.42 Å². The molecule has 1 heterocycles. The molecule has 0 aliphatic heterocycles. The molecule has 5 nitrogen and oxygen atoms in total. The van der Waals surface area contributed by atoms with E-state index in [-0.39, 0.29) is 27.3 Å². The van der Waals surface area contributed by atoms with Crippen LogP contribution in [0.15, 0.2) is 23.2 Å². The van der Waals surface area contributed by atoms with Crippen molar-refractivity contribution in [1.82, 2.24) is 9.71 Å². The first kappa shape index (κ1) is 14.9. The van der Waals surface area contributed by atoms with Crippen LogP contribution in [0.5, 0.6) is 0 Å². The van der Waals surface area contributed by atoms with E-state index in [0.29, 0.717) is 6.54 Å². The van der Waals surface area contributed by atoms with Crippen LogP contribution in [0.1, 0.15) is 33.4 Å². The van der Waals surface area contributed by atoms with Gasteiger partial charge in [-0.05, 0) is 28.9 Å². The van der Waals surface area contributed by atoms with Crippen LogP contribution in [0.2, 0.25) is 0 Å². The van der Waals surface area contributed by atoms with Crippen molar-refractivity contribution in [2.75, 3.05) is 6.54 Å². The molecule has 0 atom stereocenters. The van der Waals surface area contributed by atoms with Crippen LogP contribution in [0.3, 0.4) is 0 Å². The highest BCUT2D eigenvalue weighted by Crippen LogP contribution is 2.67. The Morgan fingerprint density at radius 1 is 1.35 bits per heavy atom. The minimum atomic E-state index is -3.69. The maximum absolute atomic E-state index is 12.3. The van der Waals surface area contributed by atoms with Gasteiger partial charge in [-0.25, -0.2) is 18.1 Å². The van der Waals surface area contributed by atoms with Crippen molar-refractivity contribution in [2.45, 2.75) is 32.6 Å². The third-order valence-electron chi connectivity index (χ3n) is 4.96. The summed E-state index contributed by atoms with van der Waals surface area (Å²) in [6.07, 6.45) is 1.41. The van der Waals surface area contributed by atoms with Crippen LogP contribution in [-0.4, -0.2) is 19.9 Å². The molecule has 1 aromatic rings. The second kappa shape index (κ2) is 4.54. The van der Waals surface area contributed by atoms with Crippen LogP contribution < -0.4 is 4.72 Å². The Labute approximate surface area is 120 Å². The van der Waals surface area contributed by atoms with E-state index >= 15 is 0 Å². The average molecular weight is 293 g/mol. The van der Waals surface area contributed by atoms with E-state index in [0.717, 1.165) is 0 Å². The fourth-order valence-electron chi connectivity index (χ4n) is 2.81. The summed E-state index contributed by atoms with van der Waals surface area (Å²) in [7, 11) is -3.69. The first-order chi connectivity index (χ1) is 9.14. The summed E-state index contributed by atoms with van der Waals surface area (Å²) in [6.45, 7) is 8.92. The van der Waals surface area contributed by atoms with Gasteiger partial charge in [0.2, 0.25) is 10.0 Å². The molecule has 1 aliphatic carbocycles. The van der Waals surface area contributed by atoms with Crippen molar-refractivity contribution in [1.29, 1.82) is 5.26 Å². The minimum Gasteiger partial charge on any atom is -0.244 e. The van der Waals surface area contributed by atoms with E-state index in [1.807, 2.05) is 6.07 Å². The molecule has 0 radical (unpaired) electrons. The van der Waals surface area contributed by atoms with Gasteiger partial charge >= 0.3 is 0 Å². The van der Waals surface area contributed by atoms with Gasteiger partial charge < -0.3 is 0 Å². The Morgan fingerprint density at radius 2 is 1.95 bits per heavy atom. The van der Waals surface area contributed by atoms with Crippen molar-refractivity contribution >= 4 is 10.0 Å². The van der Waals surface area contributed by atoms with Crippen molar-refractivity contribution in [3.05, 3.63) is 24.0 Å². The zero-order chi connectivity index (χ0) is 15.2. The second-order valence-electron chi connectivity index (χ2n) is 6.31. The van der Waals surface area contributed by atoms with E-state index in [1.54, 1.807) is 0 Å². The molecule has 0 aromatic carbocycles. The molecule has 0 unspecified atom stereocenters. The maximum Gasteiger partial charge on any atom is 0.243 e. The summed E-state index contributed by atoms with van der Waals surface area (Å²) < 4.78 is 27.1. The van der Waals surface area contributed by atoms with Crippen LogP contribution >= 0.6 is 0 Å². The summed E-state index contributed by atoms with van der Waals surface area (Å²) in [6, 6.07) is 4.72. The van der Waals surface area contributed by atoms with Gasteiger partial charge in [0.25, 0.3) is 0 Å². The first-order valence-corrected chi connectivity index (χ1v) is 7.97. The van der Waals surface area contributed by atoms with Gasteiger partial charge in [0.1, 0.15) is 11.0 Å². The van der Waals surface area contributed by atoms with E-state index in [2.05, 4.69) is 37.4 Å². The lowest BCUT2D eigenvalue weighted by Crippen LogP contribution is -2.28. The number of rotatable bonds is 4. The Bertz CT molecular complexity index is 658. The molecule has 1 saturated carbocycles. The van der Waals surface area contributed by atoms with E-state index in [1.165, 1.54) is 18.3 Å². The Hall–Kier alpha value is -1.45. The highest BCUT2D eigenvalue weighted by atomic mass is 32.2. The maximum atomic E-state index is 12.3. The third-order valence-corrected chi connectivity index (χ3v) is 6.42. The zero-order valence-corrected chi connectivity index (χ0v) is 13.0. The molecule has 1 fully saturated rings. The van der Waals surface area contributed by atoms with Crippen LogP contribution in [-0.2, 0) is 10.0 Å². The van der Waals surface area contributed by atoms with Gasteiger partial charge in [-0.15, -0.1) is 0 Å². The highest BCUT2D eigenvalue weighted by Gasteiger charge is 2.64. The van der Waals surface area contributed by atoms with Crippen molar-refractivity contribution in [2.24, 2.45) is 16.7 Å². The molecular weight excluding hydrogens is 274 g/mol.